The molecule has 1 saturated heterocycles. The Bertz CT molecular complexity index is 1600. The van der Waals surface area contributed by atoms with Crippen LogP contribution in [0.1, 0.15) is 54.0 Å². The topological polar surface area (TPSA) is 111 Å². The lowest BCUT2D eigenvalue weighted by Crippen LogP contribution is -2.41. The summed E-state index contributed by atoms with van der Waals surface area (Å²) in [5.74, 6) is 0.213. The molecule has 2 heterocycles. The minimum atomic E-state index is -0.606. The lowest BCUT2D eigenvalue weighted by molar-refractivity contribution is -0.124. The molecule has 2 fully saturated rings. The summed E-state index contributed by atoms with van der Waals surface area (Å²) in [4.78, 5) is 30.5. The van der Waals surface area contributed by atoms with E-state index in [1.807, 2.05) is 54.6 Å². The van der Waals surface area contributed by atoms with Crippen LogP contribution in [0.2, 0.25) is 0 Å². The average molecular weight is 523 g/mol. The number of hydrogen-bond donors (Lipinski definition) is 2. The van der Waals surface area contributed by atoms with Gasteiger partial charge in [-0.2, -0.15) is 5.26 Å². The van der Waals surface area contributed by atoms with Gasteiger partial charge >= 0.3 is 5.76 Å². The maximum Gasteiger partial charge on any atom is 0.417 e. The molecule has 8 nitrogen and oxygen atoms in total. The van der Waals surface area contributed by atoms with E-state index in [1.54, 1.807) is 12.1 Å². The van der Waals surface area contributed by atoms with Crippen LogP contribution in [0.3, 0.4) is 0 Å². The number of rotatable bonds is 9. The van der Waals surface area contributed by atoms with Gasteiger partial charge in [0.25, 0.3) is 0 Å². The molecule has 1 amide bonds. The number of benzene rings is 3. The number of carbonyl (C=O) groups is 1. The highest BCUT2D eigenvalue weighted by Crippen LogP contribution is 2.49. The summed E-state index contributed by atoms with van der Waals surface area (Å²) in [6, 6.07) is 22.7. The van der Waals surface area contributed by atoms with Crippen molar-refractivity contribution in [2.45, 2.75) is 43.7 Å². The molecule has 3 aromatic carbocycles. The fourth-order valence-electron chi connectivity index (χ4n) is 5.49. The maximum absolute atomic E-state index is 13.8. The third-order valence-electron chi connectivity index (χ3n) is 7.82. The van der Waals surface area contributed by atoms with Crippen molar-refractivity contribution in [3.63, 3.8) is 0 Å². The number of carbonyl (C=O) groups excluding carboxylic acids is 1. The molecule has 0 bridgehead atoms. The number of likely N-dealkylation sites (tertiary alicyclic amines) is 1. The highest BCUT2D eigenvalue weighted by atomic mass is 16.5. The van der Waals surface area contributed by atoms with E-state index in [0.29, 0.717) is 29.0 Å². The zero-order chi connectivity index (χ0) is 26.8. The minimum absolute atomic E-state index is 0.00321. The van der Waals surface area contributed by atoms with E-state index < -0.39 is 11.2 Å². The number of nitriles is 1. The molecule has 0 spiro atoms. The molecule has 198 valence electrons. The quantitative estimate of drug-likeness (QED) is 0.333. The van der Waals surface area contributed by atoms with Crippen LogP contribution in [0.15, 0.2) is 75.9 Å². The van der Waals surface area contributed by atoms with E-state index in [2.05, 4.69) is 21.3 Å². The molecule has 1 aromatic heterocycles. The number of H-pyrrole nitrogens is 1. The van der Waals surface area contributed by atoms with Crippen molar-refractivity contribution in [3.05, 3.63) is 99.5 Å². The second-order valence-corrected chi connectivity index (χ2v) is 10.5. The summed E-state index contributed by atoms with van der Waals surface area (Å²) in [6.45, 7) is 3.12. The Labute approximate surface area is 226 Å². The van der Waals surface area contributed by atoms with E-state index in [9.17, 15) is 9.59 Å². The van der Waals surface area contributed by atoms with Crippen molar-refractivity contribution >= 4 is 17.0 Å². The van der Waals surface area contributed by atoms with E-state index in [0.717, 1.165) is 49.2 Å². The van der Waals surface area contributed by atoms with E-state index in [-0.39, 0.29) is 11.9 Å². The highest BCUT2D eigenvalue weighted by molar-refractivity contribution is 5.92. The monoisotopic (exact) mass is 522 g/mol. The van der Waals surface area contributed by atoms with Gasteiger partial charge in [0.2, 0.25) is 5.91 Å². The Morgan fingerprint density at radius 1 is 1.10 bits per heavy atom. The molecule has 0 unspecified atom stereocenters. The fraction of sp³-hybridized carbons (Fsp3) is 0.323. The number of oxazole rings is 1. The zero-order valence-corrected chi connectivity index (χ0v) is 21.6. The van der Waals surface area contributed by atoms with Gasteiger partial charge < -0.3 is 19.4 Å². The zero-order valence-electron chi connectivity index (χ0n) is 21.6. The van der Waals surface area contributed by atoms with Gasteiger partial charge in [-0.25, -0.2) is 4.79 Å². The van der Waals surface area contributed by atoms with E-state index in [4.69, 9.17) is 14.4 Å². The van der Waals surface area contributed by atoms with Crippen LogP contribution in [0.5, 0.6) is 5.75 Å². The number of nitrogens with one attached hydrogen (secondary N) is 2. The molecular formula is C31H30N4O4. The van der Waals surface area contributed by atoms with Crippen molar-refractivity contribution < 1.29 is 13.9 Å². The number of aromatic amines is 1. The van der Waals surface area contributed by atoms with Crippen molar-refractivity contribution in [2.75, 3.05) is 19.6 Å². The molecule has 4 aromatic rings. The van der Waals surface area contributed by atoms with Gasteiger partial charge in [0.15, 0.2) is 5.58 Å². The SMILES string of the molecule is N#Cc1cccc(COc2cccc([C@@H](CN3CCCC3)NC(=O)C3(c4ccc5oc(=O)[nH]c5c4)CC3)c2)c1. The summed E-state index contributed by atoms with van der Waals surface area (Å²) in [6.07, 6.45) is 3.85. The van der Waals surface area contributed by atoms with Crippen LogP contribution in [-0.4, -0.2) is 35.4 Å². The van der Waals surface area contributed by atoms with Crippen LogP contribution in [-0.2, 0) is 16.8 Å². The predicted octanol–water partition coefficient (Wildman–Crippen LogP) is 4.56. The summed E-state index contributed by atoms with van der Waals surface area (Å²) in [5.41, 5.74) is 3.90. The Morgan fingerprint density at radius 2 is 1.92 bits per heavy atom. The molecule has 6 rings (SSSR count). The second kappa shape index (κ2) is 10.4. The predicted molar refractivity (Wildman–Crippen MR) is 146 cm³/mol. The molecule has 2 aliphatic rings. The Balaban J connectivity index is 1.22. The lowest BCUT2D eigenvalue weighted by Gasteiger charge is -2.27. The van der Waals surface area contributed by atoms with E-state index in [1.165, 1.54) is 12.8 Å². The molecule has 1 aliphatic carbocycles. The fourth-order valence-corrected chi connectivity index (χ4v) is 5.49. The van der Waals surface area contributed by atoms with Crippen LogP contribution in [0.4, 0.5) is 0 Å². The molecule has 8 heteroatoms. The molecule has 2 N–H and O–H groups in total. The third kappa shape index (κ3) is 5.31. The number of nitrogens with zero attached hydrogens (tertiary/aromatic N) is 2. The van der Waals surface area contributed by atoms with Crippen LogP contribution < -0.4 is 15.8 Å². The first-order valence-corrected chi connectivity index (χ1v) is 13.4. The first kappa shape index (κ1) is 25.0. The number of amides is 1. The first-order valence-electron chi connectivity index (χ1n) is 13.4. The molecule has 39 heavy (non-hydrogen) atoms. The van der Waals surface area contributed by atoms with Gasteiger partial charge in [-0.3, -0.25) is 9.78 Å². The number of aromatic nitrogens is 1. The standard InChI is InChI=1S/C31H30N4O4/c32-18-21-5-3-6-22(15-21)20-38-25-8-4-7-23(16-25)27(19-35-13-1-2-14-35)33-29(36)31(11-12-31)24-9-10-28-26(17-24)34-30(37)39-28/h3-10,15-17,27H,1-2,11-14,19-20H2,(H,33,36)(H,34,37)/t27-/m1/s1. The minimum Gasteiger partial charge on any atom is -0.489 e. The number of fused-ring (bicyclic) bond motifs is 1. The largest absolute Gasteiger partial charge is 0.489 e. The van der Waals surface area contributed by atoms with Gasteiger partial charge in [-0.05, 0) is 91.9 Å². The van der Waals surface area contributed by atoms with Crippen molar-refractivity contribution in [1.82, 2.24) is 15.2 Å². The summed E-state index contributed by atoms with van der Waals surface area (Å²) in [5, 5.41) is 12.5. The average Bonchev–Trinajstić information content (AvgIpc) is 3.44. The Morgan fingerprint density at radius 3 is 2.72 bits per heavy atom. The van der Waals surface area contributed by atoms with Gasteiger partial charge in [0.1, 0.15) is 12.4 Å². The Kier molecular flexibility index (Phi) is 6.67. The van der Waals surface area contributed by atoms with Crippen LogP contribution >= 0.6 is 0 Å². The van der Waals surface area contributed by atoms with Gasteiger partial charge in [-0.1, -0.05) is 30.3 Å². The molecule has 1 atom stereocenters. The smallest absolute Gasteiger partial charge is 0.417 e. The molecule has 1 aliphatic heterocycles. The highest BCUT2D eigenvalue weighted by Gasteiger charge is 2.52. The van der Waals surface area contributed by atoms with Crippen molar-refractivity contribution in [3.8, 4) is 11.8 Å². The summed E-state index contributed by atoms with van der Waals surface area (Å²) in [7, 11) is 0. The summed E-state index contributed by atoms with van der Waals surface area (Å²) >= 11 is 0. The summed E-state index contributed by atoms with van der Waals surface area (Å²) < 4.78 is 11.2. The first-order chi connectivity index (χ1) is 19.0. The van der Waals surface area contributed by atoms with E-state index >= 15 is 0 Å². The number of ether oxygens (including phenoxy) is 1. The third-order valence-corrected chi connectivity index (χ3v) is 7.82. The Hall–Kier alpha value is -4.35. The van der Waals surface area contributed by atoms with Crippen molar-refractivity contribution in [1.29, 1.82) is 5.26 Å². The molecule has 1 saturated carbocycles. The van der Waals surface area contributed by atoms with Gasteiger partial charge in [0, 0.05) is 6.54 Å². The maximum atomic E-state index is 13.8. The molecule has 0 radical (unpaired) electrons. The van der Waals surface area contributed by atoms with Crippen molar-refractivity contribution in [2.24, 2.45) is 0 Å². The van der Waals surface area contributed by atoms with Gasteiger partial charge in [0.05, 0.1) is 28.6 Å². The normalized spacial score (nSPS) is 17.0. The molecular weight excluding hydrogens is 492 g/mol. The van der Waals surface area contributed by atoms with Crippen LogP contribution in [0, 0.1) is 11.3 Å². The second-order valence-electron chi connectivity index (χ2n) is 10.5. The lowest BCUT2D eigenvalue weighted by atomic mass is 9.93. The number of hydrogen-bond acceptors (Lipinski definition) is 6. The van der Waals surface area contributed by atoms with Gasteiger partial charge in [-0.15, -0.1) is 0 Å². The van der Waals surface area contributed by atoms with Crippen LogP contribution in [0.25, 0.3) is 11.1 Å².